The second-order valence-electron chi connectivity index (χ2n) is 8.35. The van der Waals surface area contributed by atoms with Gasteiger partial charge in [-0.05, 0) is 35.1 Å². The number of nitrogens with one attached hydrogen (secondary N) is 2. The van der Waals surface area contributed by atoms with Crippen molar-refractivity contribution in [1.29, 1.82) is 0 Å². The van der Waals surface area contributed by atoms with Gasteiger partial charge in [-0.25, -0.2) is 4.79 Å². The molecule has 2 amide bonds. The molecule has 2 aromatic rings. The van der Waals surface area contributed by atoms with Gasteiger partial charge in [-0.1, -0.05) is 55.0 Å². The van der Waals surface area contributed by atoms with Crippen molar-refractivity contribution in [2.75, 3.05) is 26.4 Å². The molecule has 0 heterocycles. The van der Waals surface area contributed by atoms with E-state index in [-0.39, 0.29) is 44.2 Å². The minimum Gasteiger partial charge on any atom is -0.481 e. The molecule has 174 valence electrons. The van der Waals surface area contributed by atoms with Crippen LogP contribution in [0.25, 0.3) is 11.1 Å². The van der Waals surface area contributed by atoms with Crippen LogP contribution < -0.4 is 10.6 Å². The van der Waals surface area contributed by atoms with Gasteiger partial charge in [-0.2, -0.15) is 0 Å². The molecule has 8 heteroatoms. The number of carboxylic acid groups (broad SMARTS) is 1. The lowest BCUT2D eigenvalue weighted by molar-refractivity contribution is -0.142. The van der Waals surface area contributed by atoms with E-state index >= 15 is 0 Å². The number of aliphatic carboxylic acids is 1. The molecule has 0 aliphatic heterocycles. The predicted molar refractivity (Wildman–Crippen MR) is 121 cm³/mol. The average molecular weight is 453 g/mol. The minimum atomic E-state index is -0.883. The molecule has 0 bridgehead atoms. The molecule has 1 fully saturated rings. The van der Waals surface area contributed by atoms with Gasteiger partial charge < -0.3 is 25.2 Å². The highest BCUT2D eigenvalue weighted by Crippen LogP contribution is 2.44. The van der Waals surface area contributed by atoms with E-state index in [9.17, 15) is 14.4 Å². The molecule has 0 radical (unpaired) electrons. The molecule has 2 aromatic carbocycles. The third-order valence-corrected chi connectivity index (χ3v) is 6.27. The first-order valence-electron chi connectivity index (χ1n) is 11.2. The Balaban J connectivity index is 1.15. The molecule has 2 aliphatic carbocycles. The standard InChI is InChI=1S/C25H28N2O6/c28-23(27-22-11-5-10-20(22)24(29)30)15-32-13-12-26-25(31)33-14-21-18-8-3-1-6-16(18)17-7-2-4-9-19(17)21/h1-4,6-9,20-22H,5,10-15H2,(H,26,31)(H,27,28)(H,29,30). The van der Waals surface area contributed by atoms with Gasteiger partial charge in [0.15, 0.2) is 0 Å². The van der Waals surface area contributed by atoms with Crippen molar-refractivity contribution in [2.24, 2.45) is 5.92 Å². The van der Waals surface area contributed by atoms with E-state index in [2.05, 4.69) is 34.9 Å². The third kappa shape index (κ3) is 5.34. The Morgan fingerprint density at radius 2 is 1.64 bits per heavy atom. The topological polar surface area (TPSA) is 114 Å². The maximum Gasteiger partial charge on any atom is 0.407 e. The zero-order valence-corrected chi connectivity index (χ0v) is 18.3. The molecule has 4 rings (SSSR count). The summed E-state index contributed by atoms with van der Waals surface area (Å²) in [6.07, 6.45) is 1.48. The lowest BCUT2D eigenvalue weighted by Gasteiger charge is -2.17. The van der Waals surface area contributed by atoms with Gasteiger partial charge in [0, 0.05) is 18.5 Å². The van der Waals surface area contributed by atoms with E-state index in [0.717, 1.165) is 17.5 Å². The first kappa shape index (κ1) is 22.8. The second-order valence-corrected chi connectivity index (χ2v) is 8.35. The summed E-state index contributed by atoms with van der Waals surface area (Å²) in [5.41, 5.74) is 4.63. The summed E-state index contributed by atoms with van der Waals surface area (Å²) in [5.74, 6) is -1.78. The lowest BCUT2D eigenvalue weighted by Crippen LogP contribution is -2.42. The van der Waals surface area contributed by atoms with Crippen molar-refractivity contribution in [1.82, 2.24) is 10.6 Å². The summed E-state index contributed by atoms with van der Waals surface area (Å²) < 4.78 is 10.7. The molecule has 0 spiro atoms. The predicted octanol–water partition coefficient (Wildman–Crippen LogP) is 2.91. The number of carbonyl (C=O) groups excluding carboxylic acids is 2. The Morgan fingerprint density at radius 3 is 2.30 bits per heavy atom. The number of rotatable bonds is 9. The molecule has 33 heavy (non-hydrogen) atoms. The van der Waals surface area contributed by atoms with Crippen molar-refractivity contribution >= 4 is 18.0 Å². The van der Waals surface area contributed by atoms with Crippen LogP contribution in [0.2, 0.25) is 0 Å². The van der Waals surface area contributed by atoms with E-state index in [1.807, 2.05) is 24.3 Å². The van der Waals surface area contributed by atoms with Crippen molar-refractivity contribution in [2.45, 2.75) is 31.2 Å². The van der Waals surface area contributed by atoms with Crippen LogP contribution in [0.15, 0.2) is 48.5 Å². The van der Waals surface area contributed by atoms with Gasteiger partial charge in [0.1, 0.15) is 13.2 Å². The van der Waals surface area contributed by atoms with Crippen LogP contribution in [0.3, 0.4) is 0 Å². The molecule has 2 atom stereocenters. The maximum absolute atomic E-state index is 12.1. The van der Waals surface area contributed by atoms with Crippen molar-refractivity contribution in [3.05, 3.63) is 59.7 Å². The van der Waals surface area contributed by atoms with Crippen LogP contribution in [-0.4, -0.2) is 55.5 Å². The molecule has 8 nitrogen and oxygen atoms in total. The Morgan fingerprint density at radius 1 is 0.970 bits per heavy atom. The normalized spacial score (nSPS) is 18.9. The minimum absolute atomic E-state index is 0.00619. The highest BCUT2D eigenvalue weighted by molar-refractivity contribution is 5.80. The van der Waals surface area contributed by atoms with Gasteiger partial charge in [-0.3, -0.25) is 9.59 Å². The fourth-order valence-electron chi connectivity index (χ4n) is 4.72. The zero-order chi connectivity index (χ0) is 23.2. The molecule has 1 saturated carbocycles. The fraction of sp³-hybridized carbons (Fsp3) is 0.400. The molecule has 2 aliphatic rings. The Bertz CT molecular complexity index is 978. The van der Waals surface area contributed by atoms with Gasteiger partial charge in [0.2, 0.25) is 5.91 Å². The molecule has 0 saturated heterocycles. The largest absolute Gasteiger partial charge is 0.481 e. The number of carbonyl (C=O) groups is 3. The fourth-order valence-corrected chi connectivity index (χ4v) is 4.72. The van der Waals surface area contributed by atoms with Crippen LogP contribution in [0.4, 0.5) is 4.79 Å². The van der Waals surface area contributed by atoms with Gasteiger partial charge >= 0.3 is 12.1 Å². The third-order valence-electron chi connectivity index (χ3n) is 6.27. The Labute approximate surface area is 192 Å². The molecular weight excluding hydrogens is 424 g/mol. The summed E-state index contributed by atoms with van der Waals surface area (Å²) in [5, 5.41) is 14.5. The first-order chi connectivity index (χ1) is 16.0. The van der Waals surface area contributed by atoms with E-state index < -0.39 is 18.0 Å². The van der Waals surface area contributed by atoms with E-state index in [0.29, 0.717) is 12.8 Å². The molecule has 0 aromatic heterocycles. The van der Waals surface area contributed by atoms with Crippen molar-refractivity contribution in [3.8, 4) is 11.1 Å². The van der Waals surface area contributed by atoms with Crippen LogP contribution in [0.1, 0.15) is 36.3 Å². The first-order valence-corrected chi connectivity index (χ1v) is 11.2. The van der Waals surface area contributed by atoms with Crippen molar-refractivity contribution < 1.29 is 29.0 Å². The number of hydrogen-bond donors (Lipinski definition) is 3. The van der Waals surface area contributed by atoms with Crippen LogP contribution >= 0.6 is 0 Å². The van der Waals surface area contributed by atoms with Gasteiger partial charge in [0.05, 0.1) is 12.5 Å². The Kier molecular flexibility index (Phi) is 7.24. The summed E-state index contributed by atoms with van der Waals surface area (Å²) in [6.45, 7) is 0.389. The highest BCUT2D eigenvalue weighted by atomic mass is 16.5. The number of alkyl carbamates (subject to hydrolysis) is 1. The van der Waals surface area contributed by atoms with E-state index in [4.69, 9.17) is 14.6 Å². The Hall–Kier alpha value is -3.39. The number of benzene rings is 2. The van der Waals surface area contributed by atoms with Crippen molar-refractivity contribution in [3.63, 3.8) is 0 Å². The van der Waals surface area contributed by atoms with Crippen LogP contribution in [0, 0.1) is 5.92 Å². The number of carboxylic acids is 1. The van der Waals surface area contributed by atoms with E-state index in [1.54, 1.807) is 0 Å². The zero-order valence-electron chi connectivity index (χ0n) is 18.3. The van der Waals surface area contributed by atoms with Crippen LogP contribution in [-0.2, 0) is 19.1 Å². The van der Waals surface area contributed by atoms with Crippen LogP contribution in [0.5, 0.6) is 0 Å². The number of ether oxygens (including phenoxy) is 2. The summed E-state index contributed by atoms with van der Waals surface area (Å²) in [6, 6.07) is 15.9. The summed E-state index contributed by atoms with van der Waals surface area (Å²) in [4.78, 5) is 35.3. The van der Waals surface area contributed by atoms with E-state index in [1.165, 1.54) is 11.1 Å². The summed E-state index contributed by atoms with van der Waals surface area (Å²) in [7, 11) is 0. The quantitative estimate of drug-likeness (QED) is 0.504. The molecule has 3 N–H and O–H groups in total. The summed E-state index contributed by atoms with van der Waals surface area (Å²) >= 11 is 0. The lowest BCUT2D eigenvalue weighted by atomic mass is 9.98. The monoisotopic (exact) mass is 452 g/mol. The molecule has 2 unspecified atom stereocenters. The van der Waals surface area contributed by atoms with Gasteiger partial charge in [0.25, 0.3) is 0 Å². The van der Waals surface area contributed by atoms with Gasteiger partial charge in [-0.15, -0.1) is 0 Å². The number of fused-ring (bicyclic) bond motifs is 3. The number of amides is 2. The molecular formula is C25H28N2O6. The second kappa shape index (κ2) is 10.5. The smallest absolute Gasteiger partial charge is 0.407 e. The highest BCUT2D eigenvalue weighted by Gasteiger charge is 2.33. The average Bonchev–Trinajstić information content (AvgIpc) is 3.40. The maximum atomic E-state index is 12.1. The number of hydrogen-bond acceptors (Lipinski definition) is 5. The SMILES string of the molecule is O=C(COCCNC(=O)OCC1c2ccccc2-c2ccccc21)NC1CCCC1C(=O)O.